The zero-order valence-corrected chi connectivity index (χ0v) is 5.89. The van der Waals surface area contributed by atoms with Crippen molar-refractivity contribution in [2.75, 3.05) is 13.7 Å². The quantitative estimate of drug-likeness (QED) is 0.602. The summed E-state index contributed by atoms with van der Waals surface area (Å²) in [6.07, 6.45) is 4.46. The van der Waals surface area contributed by atoms with Crippen molar-refractivity contribution < 1.29 is 9.84 Å². The molecule has 0 aliphatic heterocycles. The summed E-state index contributed by atoms with van der Waals surface area (Å²) in [4.78, 5) is 0. The van der Waals surface area contributed by atoms with E-state index in [1.54, 1.807) is 7.11 Å². The van der Waals surface area contributed by atoms with Crippen LogP contribution in [0.4, 0.5) is 0 Å². The van der Waals surface area contributed by atoms with E-state index < -0.39 is 0 Å². The molecule has 0 atom stereocenters. The molecule has 0 aromatic heterocycles. The molecule has 0 saturated heterocycles. The van der Waals surface area contributed by atoms with Crippen LogP contribution in [0.15, 0.2) is 0 Å². The first-order chi connectivity index (χ1) is 4.33. The van der Waals surface area contributed by atoms with Crippen LogP contribution in [0.25, 0.3) is 0 Å². The van der Waals surface area contributed by atoms with Crippen molar-refractivity contribution in [1.82, 2.24) is 0 Å². The molecule has 1 saturated carbocycles. The first-order valence-corrected chi connectivity index (χ1v) is 3.49. The lowest BCUT2D eigenvalue weighted by molar-refractivity contribution is -0.0460. The minimum atomic E-state index is -0.167. The van der Waals surface area contributed by atoms with E-state index in [1.165, 1.54) is 12.8 Å². The van der Waals surface area contributed by atoms with Crippen LogP contribution in [0.3, 0.4) is 0 Å². The van der Waals surface area contributed by atoms with E-state index in [4.69, 9.17) is 9.84 Å². The van der Waals surface area contributed by atoms with Gasteiger partial charge in [0.15, 0.2) is 0 Å². The number of aliphatic hydroxyl groups is 1. The summed E-state index contributed by atoms with van der Waals surface area (Å²) in [6, 6.07) is 0. The Hall–Kier alpha value is -0.0800. The van der Waals surface area contributed by atoms with Crippen molar-refractivity contribution in [2.24, 2.45) is 0 Å². The highest BCUT2D eigenvalue weighted by Crippen LogP contribution is 2.31. The molecule has 0 unspecified atom stereocenters. The molecule has 0 amide bonds. The highest BCUT2D eigenvalue weighted by Gasteiger charge is 2.32. The summed E-state index contributed by atoms with van der Waals surface area (Å²) in [6.45, 7) is 0.184. The van der Waals surface area contributed by atoms with Crippen molar-refractivity contribution in [3.63, 3.8) is 0 Å². The average Bonchev–Trinajstić information content (AvgIpc) is 2.36. The van der Waals surface area contributed by atoms with E-state index >= 15 is 0 Å². The highest BCUT2D eigenvalue weighted by molar-refractivity contribution is 4.84. The van der Waals surface area contributed by atoms with Crippen LogP contribution >= 0.6 is 0 Å². The van der Waals surface area contributed by atoms with Gasteiger partial charge in [-0.3, -0.25) is 0 Å². The van der Waals surface area contributed by atoms with Crippen LogP contribution in [0, 0.1) is 0 Å². The summed E-state index contributed by atoms with van der Waals surface area (Å²) >= 11 is 0. The van der Waals surface area contributed by atoms with Crippen molar-refractivity contribution >= 4 is 0 Å². The van der Waals surface area contributed by atoms with E-state index in [0.29, 0.717) is 0 Å². The van der Waals surface area contributed by atoms with E-state index in [-0.39, 0.29) is 12.2 Å². The maximum Gasteiger partial charge on any atom is 0.0908 e. The predicted molar refractivity (Wildman–Crippen MR) is 35.3 cm³/mol. The van der Waals surface area contributed by atoms with Gasteiger partial charge in [0.05, 0.1) is 12.2 Å². The Balaban J connectivity index is 2.45. The molecule has 2 nitrogen and oxygen atoms in total. The second-order valence-corrected chi connectivity index (χ2v) is 2.75. The molecule has 0 radical (unpaired) electrons. The maximum atomic E-state index is 8.89. The van der Waals surface area contributed by atoms with E-state index in [9.17, 15) is 0 Å². The zero-order valence-electron chi connectivity index (χ0n) is 5.89. The molecular formula is C7H14O2. The molecule has 1 fully saturated rings. The minimum absolute atomic E-state index is 0.167. The molecule has 1 rings (SSSR count). The van der Waals surface area contributed by atoms with Crippen LogP contribution in [0.5, 0.6) is 0 Å². The lowest BCUT2D eigenvalue weighted by atomic mass is 10.0. The Bertz CT molecular complexity index is 78.9. The van der Waals surface area contributed by atoms with Gasteiger partial charge in [-0.1, -0.05) is 12.8 Å². The molecule has 0 heterocycles. The fourth-order valence-corrected chi connectivity index (χ4v) is 1.45. The summed E-state index contributed by atoms with van der Waals surface area (Å²) in [5.41, 5.74) is -0.167. The summed E-state index contributed by atoms with van der Waals surface area (Å²) < 4.78 is 5.20. The molecule has 1 aliphatic carbocycles. The van der Waals surface area contributed by atoms with E-state index in [1.807, 2.05) is 0 Å². The second-order valence-electron chi connectivity index (χ2n) is 2.75. The number of rotatable bonds is 2. The first-order valence-electron chi connectivity index (χ1n) is 3.49. The fraction of sp³-hybridized carbons (Fsp3) is 1.00. The fourth-order valence-electron chi connectivity index (χ4n) is 1.45. The van der Waals surface area contributed by atoms with Gasteiger partial charge in [0.25, 0.3) is 0 Å². The predicted octanol–water partition coefficient (Wildman–Crippen LogP) is 0.938. The average molecular weight is 130 g/mol. The number of methoxy groups -OCH3 is 1. The van der Waals surface area contributed by atoms with Gasteiger partial charge < -0.3 is 9.84 Å². The smallest absolute Gasteiger partial charge is 0.0908 e. The normalized spacial score (nSPS) is 24.7. The van der Waals surface area contributed by atoms with Crippen molar-refractivity contribution in [1.29, 1.82) is 0 Å². The molecule has 2 heteroatoms. The van der Waals surface area contributed by atoms with Gasteiger partial charge in [0.2, 0.25) is 0 Å². The molecule has 54 valence electrons. The Morgan fingerprint density at radius 1 is 1.44 bits per heavy atom. The van der Waals surface area contributed by atoms with E-state index in [0.717, 1.165) is 12.8 Å². The SMILES string of the molecule is COC1(CO)CCCC1. The highest BCUT2D eigenvalue weighted by atomic mass is 16.5. The standard InChI is InChI=1S/C7H14O2/c1-9-7(6-8)4-2-3-5-7/h8H,2-6H2,1H3. The molecule has 1 N–H and O–H groups in total. The van der Waals surface area contributed by atoms with Gasteiger partial charge in [0, 0.05) is 7.11 Å². The van der Waals surface area contributed by atoms with Crippen LogP contribution in [0.2, 0.25) is 0 Å². The number of ether oxygens (including phenoxy) is 1. The number of hydrogen-bond acceptors (Lipinski definition) is 2. The second kappa shape index (κ2) is 2.67. The lowest BCUT2D eigenvalue weighted by Crippen LogP contribution is -2.31. The van der Waals surface area contributed by atoms with Gasteiger partial charge in [0.1, 0.15) is 0 Å². The largest absolute Gasteiger partial charge is 0.393 e. The van der Waals surface area contributed by atoms with Crippen molar-refractivity contribution in [3.8, 4) is 0 Å². The molecule has 9 heavy (non-hydrogen) atoms. The topological polar surface area (TPSA) is 29.5 Å². The van der Waals surface area contributed by atoms with Crippen molar-refractivity contribution in [3.05, 3.63) is 0 Å². The monoisotopic (exact) mass is 130 g/mol. The van der Waals surface area contributed by atoms with Gasteiger partial charge >= 0.3 is 0 Å². The third-order valence-corrected chi connectivity index (χ3v) is 2.24. The van der Waals surface area contributed by atoms with E-state index in [2.05, 4.69) is 0 Å². The molecule has 0 bridgehead atoms. The summed E-state index contributed by atoms with van der Waals surface area (Å²) in [5, 5.41) is 8.89. The Morgan fingerprint density at radius 3 is 2.22 bits per heavy atom. The Kier molecular flexibility index (Phi) is 2.09. The Labute approximate surface area is 55.8 Å². The van der Waals surface area contributed by atoms with Gasteiger partial charge in [-0.2, -0.15) is 0 Å². The summed E-state index contributed by atoms with van der Waals surface area (Å²) in [7, 11) is 1.68. The molecule has 1 aliphatic rings. The van der Waals surface area contributed by atoms with Crippen LogP contribution in [0.1, 0.15) is 25.7 Å². The molecule has 0 aromatic rings. The van der Waals surface area contributed by atoms with Gasteiger partial charge in [-0.05, 0) is 12.8 Å². The van der Waals surface area contributed by atoms with Crippen molar-refractivity contribution in [2.45, 2.75) is 31.3 Å². The van der Waals surface area contributed by atoms with Gasteiger partial charge in [-0.15, -0.1) is 0 Å². The number of hydrogen-bond donors (Lipinski definition) is 1. The maximum absolute atomic E-state index is 8.89. The van der Waals surface area contributed by atoms with Crippen LogP contribution in [-0.4, -0.2) is 24.4 Å². The van der Waals surface area contributed by atoms with Crippen LogP contribution in [-0.2, 0) is 4.74 Å². The summed E-state index contributed by atoms with van der Waals surface area (Å²) in [5.74, 6) is 0. The zero-order chi connectivity index (χ0) is 6.74. The third kappa shape index (κ3) is 1.25. The van der Waals surface area contributed by atoms with Gasteiger partial charge in [-0.25, -0.2) is 0 Å². The molecule has 0 spiro atoms. The third-order valence-electron chi connectivity index (χ3n) is 2.24. The molecular weight excluding hydrogens is 116 g/mol. The molecule has 0 aromatic carbocycles. The number of aliphatic hydroxyl groups excluding tert-OH is 1. The van der Waals surface area contributed by atoms with Crippen LogP contribution < -0.4 is 0 Å². The minimum Gasteiger partial charge on any atom is -0.393 e. The Morgan fingerprint density at radius 2 is 2.00 bits per heavy atom. The lowest BCUT2D eigenvalue weighted by Gasteiger charge is -2.23. The first kappa shape index (κ1) is 7.03.